The minimum atomic E-state index is -5.96. The molecular formula is C6H5F6O2. The topological polar surface area (TPSA) is 37.0 Å². The van der Waals surface area contributed by atoms with Crippen LogP contribution in [0.2, 0.25) is 0 Å². The third kappa shape index (κ3) is 1.64. The number of hydrogen-bond acceptors (Lipinski definition) is 1. The van der Waals surface area contributed by atoms with Gasteiger partial charge in [-0.25, -0.2) is 9.90 Å². The first-order valence-electron chi connectivity index (χ1n) is 3.35. The zero-order chi connectivity index (χ0) is 11.8. The largest absolute Gasteiger partial charge is 0.431 e. The molecule has 0 aromatic carbocycles. The van der Waals surface area contributed by atoms with Gasteiger partial charge in [0.15, 0.2) is 0 Å². The fourth-order valence-corrected chi connectivity index (χ4v) is 0.580. The van der Waals surface area contributed by atoms with Crippen molar-refractivity contribution in [1.29, 1.82) is 0 Å². The van der Waals surface area contributed by atoms with Crippen molar-refractivity contribution in [2.24, 2.45) is 0 Å². The number of hydrogen-bond donors (Lipinski definition) is 0. The van der Waals surface area contributed by atoms with Crippen LogP contribution in [0.3, 0.4) is 0 Å². The van der Waals surface area contributed by atoms with Crippen molar-refractivity contribution < 1.29 is 36.2 Å². The zero-order valence-corrected chi connectivity index (χ0v) is 6.79. The van der Waals surface area contributed by atoms with E-state index in [-0.39, 0.29) is 0 Å². The summed E-state index contributed by atoms with van der Waals surface area (Å²) in [6.07, 6.45) is -1.61. The highest BCUT2D eigenvalue weighted by Gasteiger charge is 2.75. The highest BCUT2D eigenvalue weighted by molar-refractivity contribution is 5.76. The van der Waals surface area contributed by atoms with Crippen molar-refractivity contribution in [1.82, 2.24) is 0 Å². The molecule has 0 amide bonds. The van der Waals surface area contributed by atoms with Crippen LogP contribution in [-0.2, 0) is 9.90 Å². The molecule has 0 rings (SSSR count). The van der Waals surface area contributed by atoms with Crippen molar-refractivity contribution in [3.63, 3.8) is 0 Å². The molecule has 2 nitrogen and oxygen atoms in total. The lowest BCUT2D eigenvalue weighted by Crippen LogP contribution is -2.57. The Morgan fingerprint density at radius 3 is 1.64 bits per heavy atom. The Morgan fingerprint density at radius 2 is 1.43 bits per heavy atom. The van der Waals surface area contributed by atoms with Gasteiger partial charge in [0.1, 0.15) is 0 Å². The van der Waals surface area contributed by atoms with E-state index in [1.807, 2.05) is 0 Å². The number of carbonyl (C=O) groups is 1. The highest BCUT2D eigenvalue weighted by Crippen LogP contribution is 2.47. The molecule has 0 spiro atoms. The van der Waals surface area contributed by atoms with Crippen molar-refractivity contribution in [2.75, 3.05) is 0 Å². The normalized spacial score (nSPS) is 14.2. The molecule has 83 valence electrons. The Labute approximate surface area is 74.5 Å². The van der Waals surface area contributed by atoms with Gasteiger partial charge in [-0.05, 0) is 0 Å². The van der Waals surface area contributed by atoms with Gasteiger partial charge in [-0.3, -0.25) is 0 Å². The number of alkyl halides is 6. The fourth-order valence-electron chi connectivity index (χ4n) is 0.580. The van der Waals surface area contributed by atoms with Crippen LogP contribution >= 0.6 is 0 Å². The lowest BCUT2D eigenvalue weighted by molar-refractivity contribution is -0.305. The zero-order valence-electron chi connectivity index (χ0n) is 6.79. The molecule has 0 aromatic rings. The van der Waals surface area contributed by atoms with Gasteiger partial charge < -0.3 is 0 Å². The van der Waals surface area contributed by atoms with E-state index in [0.717, 1.165) is 0 Å². The van der Waals surface area contributed by atoms with E-state index in [1.54, 1.807) is 0 Å². The van der Waals surface area contributed by atoms with Crippen molar-refractivity contribution in [3.8, 4) is 0 Å². The SMILES string of the molecule is CCC(F)(F)C(F)(F)C(F)(F)C([O])=O. The van der Waals surface area contributed by atoms with Gasteiger partial charge >= 0.3 is 23.7 Å². The maximum absolute atomic E-state index is 12.3. The van der Waals surface area contributed by atoms with Crippen LogP contribution in [-0.4, -0.2) is 23.7 Å². The van der Waals surface area contributed by atoms with Crippen LogP contribution in [0.4, 0.5) is 26.3 Å². The Kier molecular flexibility index (Phi) is 3.10. The lowest BCUT2D eigenvalue weighted by Gasteiger charge is -2.28. The second-order valence-corrected chi connectivity index (χ2v) is 2.49. The summed E-state index contributed by atoms with van der Waals surface area (Å²) in [5, 5.41) is 9.56. The molecule has 0 aliphatic rings. The number of carbonyl (C=O) groups excluding carboxylic acids is 1. The summed E-state index contributed by atoms with van der Waals surface area (Å²) in [6.45, 7) is 0.527. The average Bonchev–Trinajstić information content (AvgIpc) is 2.03. The molecule has 0 heterocycles. The van der Waals surface area contributed by atoms with E-state index >= 15 is 0 Å². The van der Waals surface area contributed by atoms with Crippen molar-refractivity contribution >= 4 is 5.97 Å². The smallest absolute Gasteiger partial charge is 0.240 e. The Hall–Kier alpha value is -0.950. The van der Waals surface area contributed by atoms with Crippen LogP contribution in [0, 0.1) is 0 Å². The third-order valence-corrected chi connectivity index (χ3v) is 1.55. The summed E-state index contributed by atoms with van der Waals surface area (Å²) in [7, 11) is 0. The Bertz CT molecular complexity index is 236. The van der Waals surface area contributed by atoms with Crippen LogP contribution in [0.15, 0.2) is 0 Å². The summed E-state index contributed by atoms with van der Waals surface area (Å²) >= 11 is 0. The first-order valence-corrected chi connectivity index (χ1v) is 3.35. The van der Waals surface area contributed by atoms with Gasteiger partial charge in [-0.1, -0.05) is 6.92 Å². The predicted octanol–water partition coefficient (Wildman–Crippen LogP) is 2.26. The van der Waals surface area contributed by atoms with Gasteiger partial charge in [-0.2, -0.15) is 26.3 Å². The minimum Gasteiger partial charge on any atom is -0.240 e. The maximum Gasteiger partial charge on any atom is 0.431 e. The molecular weight excluding hydrogens is 218 g/mol. The molecule has 0 bridgehead atoms. The molecule has 0 atom stereocenters. The van der Waals surface area contributed by atoms with Crippen LogP contribution in [0.5, 0.6) is 0 Å². The molecule has 0 saturated heterocycles. The third-order valence-electron chi connectivity index (χ3n) is 1.55. The number of halogens is 6. The first-order chi connectivity index (χ1) is 6.00. The molecule has 0 saturated carbocycles. The van der Waals surface area contributed by atoms with Crippen LogP contribution in [0.25, 0.3) is 0 Å². The van der Waals surface area contributed by atoms with E-state index in [2.05, 4.69) is 0 Å². The monoisotopic (exact) mass is 223 g/mol. The van der Waals surface area contributed by atoms with Crippen molar-refractivity contribution in [3.05, 3.63) is 0 Å². The minimum absolute atomic E-state index is 0.527. The summed E-state index contributed by atoms with van der Waals surface area (Å²) in [5.74, 6) is -20.5. The van der Waals surface area contributed by atoms with Crippen LogP contribution < -0.4 is 0 Å². The summed E-state index contributed by atoms with van der Waals surface area (Å²) in [6, 6.07) is 0. The molecule has 0 aliphatic heterocycles. The Morgan fingerprint density at radius 1 is 1.07 bits per heavy atom. The van der Waals surface area contributed by atoms with E-state index in [0.29, 0.717) is 6.92 Å². The molecule has 0 aliphatic carbocycles. The van der Waals surface area contributed by atoms with Crippen LogP contribution in [0.1, 0.15) is 13.3 Å². The molecule has 0 aromatic heterocycles. The predicted molar refractivity (Wildman–Crippen MR) is 30.8 cm³/mol. The summed E-state index contributed by atoms with van der Waals surface area (Å²) in [4.78, 5) is 9.56. The van der Waals surface area contributed by atoms with E-state index < -0.39 is 30.2 Å². The number of rotatable bonds is 4. The molecule has 1 radical (unpaired) electrons. The molecule has 14 heavy (non-hydrogen) atoms. The molecule has 0 unspecified atom stereocenters. The van der Waals surface area contributed by atoms with Gasteiger partial charge in [-0.15, -0.1) is 0 Å². The van der Waals surface area contributed by atoms with Crippen molar-refractivity contribution in [2.45, 2.75) is 31.1 Å². The second-order valence-electron chi connectivity index (χ2n) is 2.49. The van der Waals surface area contributed by atoms with Gasteiger partial charge in [0.2, 0.25) is 0 Å². The van der Waals surface area contributed by atoms with E-state index in [1.165, 1.54) is 0 Å². The standard InChI is InChI=1S/C6H5F6O2/c1-2-4(7,8)6(11,12)5(9,10)3(13)14/h2H2,1H3. The van der Waals surface area contributed by atoms with Gasteiger partial charge in [0.05, 0.1) is 0 Å². The fraction of sp³-hybridized carbons (Fsp3) is 0.833. The van der Waals surface area contributed by atoms with Gasteiger partial charge in [0, 0.05) is 6.42 Å². The molecule has 0 N–H and O–H groups in total. The quantitative estimate of drug-likeness (QED) is 0.673. The van der Waals surface area contributed by atoms with E-state index in [9.17, 15) is 36.2 Å². The average molecular weight is 223 g/mol. The molecule has 0 fully saturated rings. The Balaban J connectivity index is 5.24. The van der Waals surface area contributed by atoms with Gasteiger partial charge in [0.25, 0.3) is 0 Å². The first kappa shape index (κ1) is 13.1. The second kappa shape index (κ2) is 3.32. The maximum atomic E-state index is 12.3. The lowest BCUT2D eigenvalue weighted by atomic mass is 10.0. The summed E-state index contributed by atoms with van der Waals surface area (Å²) in [5.41, 5.74) is 0. The summed E-state index contributed by atoms with van der Waals surface area (Å²) < 4.78 is 73.4. The highest BCUT2D eigenvalue weighted by atomic mass is 19.3. The molecule has 8 heteroatoms. The van der Waals surface area contributed by atoms with E-state index in [4.69, 9.17) is 0 Å².